The number of nitrogens with one attached hydrogen (secondary N) is 1. The van der Waals surface area contributed by atoms with Crippen LogP contribution in [0.5, 0.6) is 0 Å². The Labute approximate surface area is 103 Å². The third-order valence-electron chi connectivity index (χ3n) is 2.84. The van der Waals surface area contributed by atoms with Gasteiger partial charge in [0, 0.05) is 11.5 Å². The van der Waals surface area contributed by atoms with Gasteiger partial charge in [0.1, 0.15) is 0 Å². The zero-order chi connectivity index (χ0) is 13.1. The van der Waals surface area contributed by atoms with E-state index in [1.54, 1.807) is 0 Å². The lowest BCUT2D eigenvalue weighted by atomic mass is 9.93. The van der Waals surface area contributed by atoms with E-state index in [-0.39, 0.29) is 5.91 Å². The molecule has 0 radical (unpaired) electrons. The number of nitrogens with two attached hydrogens (primary N) is 1. The van der Waals surface area contributed by atoms with Crippen molar-refractivity contribution in [1.82, 2.24) is 5.32 Å². The van der Waals surface area contributed by atoms with E-state index in [0.717, 1.165) is 25.7 Å². The Hall–Kier alpha value is -1.26. The van der Waals surface area contributed by atoms with Crippen molar-refractivity contribution in [3.05, 3.63) is 10.4 Å². The summed E-state index contributed by atoms with van der Waals surface area (Å²) in [4.78, 5) is 14.1. The highest BCUT2D eigenvalue weighted by atomic mass is 16.1. The van der Waals surface area contributed by atoms with Gasteiger partial charge in [-0.2, -0.15) is 0 Å². The molecule has 6 heteroatoms. The van der Waals surface area contributed by atoms with Crippen LogP contribution in [0.1, 0.15) is 46.0 Å². The summed E-state index contributed by atoms with van der Waals surface area (Å²) in [5, 5.41) is 6.59. The lowest BCUT2D eigenvalue weighted by molar-refractivity contribution is -0.124. The summed E-state index contributed by atoms with van der Waals surface area (Å²) in [6.45, 7) is 5.02. The molecule has 1 amide bonds. The molecule has 98 valence electrons. The van der Waals surface area contributed by atoms with Crippen LogP contribution in [0.2, 0.25) is 0 Å². The van der Waals surface area contributed by atoms with Crippen molar-refractivity contribution in [1.29, 1.82) is 0 Å². The van der Waals surface area contributed by atoms with E-state index in [1.807, 2.05) is 6.92 Å². The summed E-state index contributed by atoms with van der Waals surface area (Å²) in [6, 6.07) is 0. The molecule has 1 unspecified atom stereocenters. The lowest BCUT2D eigenvalue weighted by Gasteiger charge is -2.27. The molecular weight excluding hydrogens is 218 g/mol. The molecule has 0 rings (SSSR count). The molecule has 0 heterocycles. The number of amides is 1. The number of nitrogens with zero attached hydrogens (tertiary/aromatic N) is 3. The largest absolute Gasteiger partial charge is 0.368 e. The molecule has 0 spiro atoms. The monoisotopic (exact) mass is 241 g/mol. The summed E-state index contributed by atoms with van der Waals surface area (Å²) in [6.07, 6.45) is 4.66. The van der Waals surface area contributed by atoms with Crippen LogP contribution in [-0.2, 0) is 4.79 Å². The molecule has 6 nitrogen and oxygen atoms in total. The Morgan fingerprint density at radius 2 is 2.18 bits per heavy atom. The van der Waals surface area contributed by atoms with E-state index >= 15 is 0 Å². The first kappa shape index (κ1) is 15.7. The fraction of sp³-hybridized carbons (Fsp3) is 0.909. The summed E-state index contributed by atoms with van der Waals surface area (Å²) in [5.41, 5.74) is 12.9. The van der Waals surface area contributed by atoms with E-state index in [4.69, 9.17) is 11.3 Å². The van der Waals surface area contributed by atoms with E-state index in [2.05, 4.69) is 22.3 Å². The van der Waals surface area contributed by atoms with Crippen molar-refractivity contribution in [2.24, 2.45) is 10.8 Å². The number of unbranched alkanes of at least 4 members (excludes halogenated alkanes) is 2. The van der Waals surface area contributed by atoms with Gasteiger partial charge in [0.25, 0.3) is 0 Å². The van der Waals surface area contributed by atoms with Gasteiger partial charge >= 0.3 is 0 Å². The fourth-order valence-corrected chi connectivity index (χ4v) is 1.59. The maximum absolute atomic E-state index is 11.4. The van der Waals surface area contributed by atoms with E-state index in [9.17, 15) is 4.79 Å². The molecule has 0 aromatic carbocycles. The van der Waals surface area contributed by atoms with Crippen molar-refractivity contribution in [2.75, 3.05) is 13.1 Å². The Kier molecular flexibility index (Phi) is 8.19. The van der Waals surface area contributed by atoms with Gasteiger partial charge in [-0.05, 0) is 31.8 Å². The lowest BCUT2D eigenvalue weighted by Crippen LogP contribution is -2.53. The Morgan fingerprint density at radius 3 is 2.71 bits per heavy atom. The molecule has 0 aromatic rings. The van der Waals surface area contributed by atoms with Crippen LogP contribution < -0.4 is 11.1 Å². The van der Waals surface area contributed by atoms with Gasteiger partial charge in [0.05, 0.1) is 5.54 Å². The fourth-order valence-electron chi connectivity index (χ4n) is 1.59. The normalized spacial score (nSPS) is 13.8. The maximum atomic E-state index is 11.4. The Balaban J connectivity index is 4.03. The van der Waals surface area contributed by atoms with Crippen LogP contribution >= 0.6 is 0 Å². The summed E-state index contributed by atoms with van der Waals surface area (Å²) in [5.74, 6) is -0.322. The molecule has 0 fully saturated rings. The van der Waals surface area contributed by atoms with Crippen LogP contribution in [0.3, 0.4) is 0 Å². The van der Waals surface area contributed by atoms with Crippen molar-refractivity contribution in [2.45, 2.75) is 51.5 Å². The van der Waals surface area contributed by atoms with Gasteiger partial charge in [0.2, 0.25) is 5.91 Å². The first-order valence-corrected chi connectivity index (χ1v) is 6.12. The van der Waals surface area contributed by atoms with Crippen molar-refractivity contribution in [3.63, 3.8) is 0 Å². The van der Waals surface area contributed by atoms with E-state index < -0.39 is 5.54 Å². The molecule has 0 aliphatic rings. The number of azide groups is 1. The van der Waals surface area contributed by atoms with Gasteiger partial charge in [-0.1, -0.05) is 31.3 Å². The molecule has 0 bridgehead atoms. The van der Waals surface area contributed by atoms with Crippen LogP contribution in [0.15, 0.2) is 5.11 Å². The summed E-state index contributed by atoms with van der Waals surface area (Å²) < 4.78 is 0. The van der Waals surface area contributed by atoms with E-state index in [1.165, 1.54) is 0 Å². The molecule has 0 aromatic heterocycles. The Morgan fingerprint density at radius 1 is 1.47 bits per heavy atom. The van der Waals surface area contributed by atoms with Gasteiger partial charge in [-0.3, -0.25) is 4.79 Å². The third-order valence-corrected chi connectivity index (χ3v) is 2.84. The standard InChI is InChI=1S/C11H23N5O/c1-3-4-5-7-11(2,10(12)17)14-8-6-9-15-16-13/h14H,3-9H2,1-2H3,(H2,12,17). The molecule has 0 saturated carbocycles. The Bertz CT molecular complexity index is 275. The number of hydrogen-bond donors (Lipinski definition) is 2. The number of primary amides is 1. The minimum Gasteiger partial charge on any atom is -0.368 e. The van der Waals surface area contributed by atoms with Crippen LogP contribution in [0.4, 0.5) is 0 Å². The average molecular weight is 241 g/mol. The topological polar surface area (TPSA) is 104 Å². The summed E-state index contributed by atoms with van der Waals surface area (Å²) >= 11 is 0. The molecule has 0 aliphatic carbocycles. The molecule has 3 N–H and O–H groups in total. The van der Waals surface area contributed by atoms with Crippen LogP contribution in [0, 0.1) is 0 Å². The molecule has 1 atom stereocenters. The van der Waals surface area contributed by atoms with Crippen molar-refractivity contribution >= 4 is 5.91 Å². The minimum absolute atomic E-state index is 0.322. The van der Waals surface area contributed by atoms with Crippen molar-refractivity contribution in [3.8, 4) is 0 Å². The van der Waals surface area contributed by atoms with Gasteiger partial charge < -0.3 is 11.1 Å². The SMILES string of the molecule is CCCCCC(C)(NCCCN=[N+]=[N-])C(N)=O. The number of carbonyl (C=O) groups is 1. The van der Waals surface area contributed by atoms with Gasteiger partial charge in [0.15, 0.2) is 0 Å². The van der Waals surface area contributed by atoms with Gasteiger partial charge in [-0.25, -0.2) is 0 Å². The van der Waals surface area contributed by atoms with Crippen LogP contribution in [-0.4, -0.2) is 24.5 Å². The maximum Gasteiger partial charge on any atom is 0.237 e. The van der Waals surface area contributed by atoms with Crippen LogP contribution in [0.25, 0.3) is 10.4 Å². The first-order chi connectivity index (χ1) is 8.06. The predicted molar refractivity (Wildman–Crippen MR) is 68.4 cm³/mol. The van der Waals surface area contributed by atoms with Crippen molar-refractivity contribution < 1.29 is 4.79 Å². The second-order valence-corrected chi connectivity index (χ2v) is 4.39. The second kappa shape index (κ2) is 8.84. The molecule has 17 heavy (non-hydrogen) atoms. The number of hydrogen-bond acceptors (Lipinski definition) is 3. The molecule has 0 aliphatic heterocycles. The number of rotatable bonds is 10. The quantitative estimate of drug-likeness (QED) is 0.264. The minimum atomic E-state index is -0.647. The van der Waals surface area contributed by atoms with E-state index in [0.29, 0.717) is 19.5 Å². The zero-order valence-corrected chi connectivity index (χ0v) is 10.8. The first-order valence-electron chi connectivity index (χ1n) is 6.12. The molecular formula is C11H23N5O. The smallest absolute Gasteiger partial charge is 0.237 e. The highest BCUT2D eigenvalue weighted by molar-refractivity contribution is 5.84. The molecule has 0 saturated heterocycles. The average Bonchev–Trinajstić information content (AvgIpc) is 2.29. The summed E-state index contributed by atoms with van der Waals surface area (Å²) in [7, 11) is 0. The predicted octanol–water partition coefficient (Wildman–Crippen LogP) is 2.10. The highest BCUT2D eigenvalue weighted by Gasteiger charge is 2.29. The zero-order valence-electron chi connectivity index (χ0n) is 10.8. The third kappa shape index (κ3) is 6.81. The highest BCUT2D eigenvalue weighted by Crippen LogP contribution is 2.14. The van der Waals surface area contributed by atoms with Gasteiger partial charge in [-0.15, -0.1) is 0 Å². The number of carbonyl (C=O) groups excluding carboxylic acids is 1. The second-order valence-electron chi connectivity index (χ2n) is 4.39.